The number of hydrogen-bond acceptors (Lipinski definition) is 2. The molecule has 0 radical (unpaired) electrons. The van der Waals surface area contributed by atoms with E-state index in [-0.39, 0.29) is 24.4 Å². The van der Waals surface area contributed by atoms with Crippen molar-refractivity contribution in [2.45, 2.75) is 19.1 Å². The van der Waals surface area contributed by atoms with Crippen molar-refractivity contribution in [1.82, 2.24) is 10.2 Å². The maximum Gasteiger partial charge on any atom is 0.416 e. The van der Waals surface area contributed by atoms with Crippen molar-refractivity contribution in [3.05, 3.63) is 70.8 Å². The van der Waals surface area contributed by atoms with Crippen LogP contribution in [0.4, 0.5) is 13.2 Å². The van der Waals surface area contributed by atoms with E-state index in [1.165, 1.54) is 12.1 Å². The van der Waals surface area contributed by atoms with Gasteiger partial charge in [0.15, 0.2) is 0 Å². The van der Waals surface area contributed by atoms with E-state index >= 15 is 0 Å². The lowest BCUT2D eigenvalue weighted by atomic mass is 9.87. The number of amides is 1. The third kappa shape index (κ3) is 3.63. The van der Waals surface area contributed by atoms with Gasteiger partial charge in [0.05, 0.1) is 11.6 Å². The molecule has 2 aliphatic rings. The minimum atomic E-state index is -4.40. The van der Waals surface area contributed by atoms with Crippen molar-refractivity contribution >= 4 is 18.3 Å². The zero-order valence-electron chi connectivity index (χ0n) is 15.4. The van der Waals surface area contributed by atoms with Gasteiger partial charge in [-0.2, -0.15) is 13.2 Å². The van der Waals surface area contributed by atoms with Crippen LogP contribution >= 0.6 is 12.4 Å². The molecule has 0 saturated carbocycles. The van der Waals surface area contributed by atoms with Gasteiger partial charge < -0.3 is 10.2 Å². The minimum absolute atomic E-state index is 0. The third-order valence-corrected chi connectivity index (χ3v) is 5.79. The van der Waals surface area contributed by atoms with Gasteiger partial charge in [-0.25, -0.2) is 0 Å². The number of carbonyl (C=O) groups excluding carboxylic acids is 1. The largest absolute Gasteiger partial charge is 0.416 e. The van der Waals surface area contributed by atoms with Gasteiger partial charge in [0.25, 0.3) is 5.91 Å². The molecule has 150 valence electrons. The average molecular weight is 411 g/mol. The molecule has 0 unspecified atom stereocenters. The van der Waals surface area contributed by atoms with Gasteiger partial charge in [-0.3, -0.25) is 4.79 Å². The second-order valence-corrected chi connectivity index (χ2v) is 7.42. The van der Waals surface area contributed by atoms with Crippen molar-refractivity contribution in [2.75, 3.05) is 19.6 Å². The number of alkyl halides is 3. The lowest BCUT2D eigenvalue weighted by Crippen LogP contribution is -2.35. The monoisotopic (exact) mass is 410 g/mol. The molecule has 1 amide bonds. The Hall–Kier alpha value is -2.05. The van der Waals surface area contributed by atoms with Gasteiger partial charge in [0, 0.05) is 31.1 Å². The molecule has 3 atom stereocenters. The predicted octanol–water partition coefficient (Wildman–Crippen LogP) is 4.47. The molecule has 4 rings (SSSR count). The predicted molar refractivity (Wildman–Crippen MR) is 103 cm³/mol. The summed E-state index contributed by atoms with van der Waals surface area (Å²) in [4.78, 5) is 15.0. The number of aryl methyl sites for hydroxylation is 1. The van der Waals surface area contributed by atoms with E-state index in [0.717, 1.165) is 36.3 Å². The number of fused-ring (bicyclic) bond motifs is 1. The molecular formula is C21H22ClF3N2O. The van der Waals surface area contributed by atoms with Crippen molar-refractivity contribution in [1.29, 1.82) is 0 Å². The highest BCUT2D eigenvalue weighted by Gasteiger charge is 2.47. The van der Waals surface area contributed by atoms with Crippen molar-refractivity contribution < 1.29 is 18.0 Å². The molecule has 28 heavy (non-hydrogen) atoms. The fourth-order valence-corrected chi connectivity index (χ4v) is 4.41. The van der Waals surface area contributed by atoms with Crippen LogP contribution in [-0.2, 0) is 6.18 Å². The number of nitrogens with one attached hydrogen (secondary N) is 1. The van der Waals surface area contributed by atoms with Crippen LogP contribution in [0.5, 0.6) is 0 Å². The highest BCUT2D eigenvalue weighted by atomic mass is 35.5. The normalized spacial score (nSPS) is 24.0. The Kier molecular flexibility index (Phi) is 5.73. The van der Waals surface area contributed by atoms with Gasteiger partial charge in [0.1, 0.15) is 0 Å². The van der Waals surface area contributed by atoms with Crippen LogP contribution in [0.15, 0.2) is 48.5 Å². The Labute approximate surface area is 168 Å². The Bertz CT molecular complexity index is 853. The third-order valence-electron chi connectivity index (χ3n) is 5.79. The molecule has 1 N–H and O–H groups in total. The molecule has 0 bridgehead atoms. The number of benzene rings is 2. The summed E-state index contributed by atoms with van der Waals surface area (Å²) in [6.07, 6.45) is -4.40. The fraction of sp³-hybridized carbons (Fsp3) is 0.381. The Morgan fingerprint density at radius 2 is 1.75 bits per heavy atom. The SMILES string of the molecule is Cc1ccccc1[C@H]1[C@H]2CNC[C@H]2CN1C(=O)c1ccc(C(F)(F)F)cc1.Cl. The van der Waals surface area contributed by atoms with Crippen LogP contribution in [0.25, 0.3) is 0 Å². The van der Waals surface area contributed by atoms with Gasteiger partial charge in [0.2, 0.25) is 0 Å². The molecule has 2 heterocycles. The topological polar surface area (TPSA) is 32.3 Å². The number of nitrogens with zero attached hydrogens (tertiary/aromatic N) is 1. The summed E-state index contributed by atoms with van der Waals surface area (Å²) < 4.78 is 38.4. The van der Waals surface area contributed by atoms with E-state index in [4.69, 9.17) is 0 Å². The molecule has 2 aromatic rings. The number of rotatable bonds is 2. The van der Waals surface area contributed by atoms with Gasteiger partial charge in [-0.1, -0.05) is 24.3 Å². The summed E-state index contributed by atoms with van der Waals surface area (Å²) in [5.74, 6) is 0.490. The van der Waals surface area contributed by atoms with Crippen molar-refractivity contribution in [3.8, 4) is 0 Å². The summed E-state index contributed by atoms with van der Waals surface area (Å²) in [7, 11) is 0. The number of likely N-dealkylation sites (tertiary alicyclic amines) is 1. The van der Waals surface area contributed by atoms with Crippen LogP contribution in [0.1, 0.15) is 33.1 Å². The molecule has 0 spiro atoms. The van der Waals surface area contributed by atoms with Crippen molar-refractivity contribution in [3.63, 3.8) is 0 Å². The van der Waals surface area contributed by atoms with Gasteiger partial charge in [-0.15, -0.1) is 12.4 Å². The van der Waals surface area contributed by atoms with Crippen molar-refractivity contribution in [2.24, 2.45) is 11.8 Å². The molecular weight excluding hydrogens is 389 g/mol. The maximum atomic E-state index is 13.2. The smallest absolute Gasteiger partial charge is 0.331 e. The number of carbonyl (C=O) groups is 1. The quantitative estimate of drug-likeness (QED) is 0.792. The highest BCUT2D eigenvalue weighted by molar-refractivity contribution is 5.95. The van der Waals surface area contributed by atoms with Crippen LogP contribution in [0.3, 0.4) is 0 Å². The molecule has 2 aliphatic heterocycles. The van der Waals surface area contributed by atoms with E-state index < -0.39 is 11.7 Å². The van der Waals surface area contributed by atoms with E-state index in [9.17, 15) is 18.0 Å². The molecule has 2 fully saturated rings. The minimum Gasteiger partial charge on any atom is -0.331 e. The first-order valence-electron chi connectivity index (χ1n) is 9.11. The van der Waals surface area contributed by atoms with E-state index in [1.807, 2.05) is 36.1 Å². The number of hydrogen-bond donors (Lipinski definition) is 1. The highest BCUT2D eigenvalue weighted by Crippen LogP contribution is 2.44. The first-order valence-corrected chi connectivity index (χ1v) is 9.11. The second-order valence-electron chi connectivity index (χ2n) is 7.42. The summed E-state index contributed by atoms with van der Waals surface area (Å²) in [6.45, 7) is 4.37. The molecule has 2 saturated heterocycles. The molecule has 0 aliphatic carbocycles. The Morgan fingerprint density at radius 1 is 1.07 bits per heavy atom. The number of halogens is 4. The lowest BCUT2D eigenvalue weighted by Gasteiger charge is -2.29. The first-order chi connectivity index (χ1) is 12.9. The molecule has 0 aromatic heterocycles. The van der Waals surface area contributed by atoms with Gasteiger partial charge >= 0.3 is 6.18 Å². The van der Waals surface area contributed by atoms with Crippen LogP contribution in [0.2, 0.25) is 0 Å². The summed E-state index contributed by atoms with van der Waals surface area (Å²) in [6, 6.07) is 12.5. The Balaban J connectivity index is 0.00000225. The van der Waals surface area contributed by atoms with Crippen LogP contribution in [-0.4, -0.2) is 30.4 Å². The average Bonchev–Trinajstić information content (AvgIpc) is 3.22. The lowest BCUT2D eigenvalue weighted by molar-refractivity contribution is -0.137. The summed E-state index contributed by atoms with van der Waals surface area (Å²) in [5, 5.41) is 3.40. The van der Waals surface area contributed by atoms with E-state index in [1.54, 1.807) is 0 Å². The summed E-state index contributed by atoms with van der Waals surface area (Å²) in [5.41, 5.74) is 1.81. The second kappa shape index (κ2) is 7.76. The summed E-state index contributed by atoms with van der Waals surface area (Å²) >= 11 is 0. The Morgan fingerprint density at radius 3 is 2.39 bits per heavy atom. The van der Waals surface area contributed by atoms with Crippen LogP contribution in [0, 0.1) is 18.8 Å². The van der Waals surface area contributed by atoms with Crippen LogP contribution < -0.4 is 5.32 Å². The zero-order valence-corrected chi connectivity index (χ0v) is 16.2. The van der Waals surface area contributed by atoms with E-state index in [2.05, 4.69) is 5.32 Å². The fourth-order valence-electron chi connectivity index (χ4n) is 4.41. The molecule has 3 nitrogen and oxygen atoms in total. The van der Waals surface area contributed by atoms with Gasteiger partial charge in [-0.05, 0) is 48.2 Å². The van der Waals surface area contributed by atoms with E-state index in [0.29, 0.717) is 23.9 Å². The molecule has 2 aromatic carbocycles. The zero-order chi connectivity index (χ0) is 19.2. The standard InChI is InChI=1S/C21H21F3N2O.ClH/c1-13-4-2-3-5-17(13)19-18-11-25-10-15(18)12-26(19)20(27)14-6-8-16(9-7-14)21(22,23)24;/h2-9,15,18-19,25H,10-12H2,1H3;1H/t15-,18-,19-;/m0./s1. The molecule has 7 heteroatoms. The maximum absolute atomic E-state index is 13.2. The first kappa shape index (κ1) is 20.7.